The summed E-state index contributed by atoms with van der Waals surface area (Å²) in [6.07, 6.45) is 0.106. The van der Waals surface area contributed by atoms with Gasteiger partial charge in [0.15, 0.2) is 0 Å². The molecule has 1 unspecified atom stereocenters. The summed E-state index contributed by atoms with van der Waals surface area (Å²) in [6.45, 7) is 0.446. The van der Waals surface area contributed by atoms with E-state index in [1.807, 2.05) is 0 Å². The van der Waals surface area contributed by atoms with Crippen LogP contribution in [0.4, 0.5) is 4.39 Å². The maximum Gasteiger partial charge on any atom is 0.327 e. The van der Waals surface area contributed by atoms with Crippen molar-refractivity contribution in [2.24, 2.45) is 0 Å². The molecule has 1 atom stereocenters. The molecule has 1 aliphatic heterocycles. The van der Waals surface area contributed by atoms with Crippen LogP contribution in [0.25, 0.3) is 0 Å². The Bertz CT molecular complexity index is 477. The minimum absolute atomic E-state index is 0.106. The third-order valence-electron chi connectivity index (χ3n) is 3.00. The molecule has 0 radical (unpaired) electrons. The Morgan fingerprint density at radius 1 is 1.37 bits per heavy atom. The van der Waals surface area contributed by atoms with E-state index in [9.17, 15) is 14.0 Å². The average molecular weight is 283 g/mol. The Morgan fingerprint density at radius 2 is 2.05 bits per heavy atom. The van der Waals surface area contributed by atoms with Crippen molar-refractivity contribution in [3.8, 4) is 0 Å². The summed E-state index contributed by atoms with van der Waals surface area (Å²) < 4.78 is 12.8. The van der Waals surface area contributed by atoms with Gasteiger partial charge in [0.1, 0.15) is 11.9 Å². The van der Waals surface area contributed by atoms with Crippen molar-refractivity contribution in [3.05, 3.63) is 35.6 Å². The molecule has 1 fully saturated rings. The molecule has 0 spiro atoms. The predicted molar refractivity (Wildman–Crippen MR) is 70.6 cm³/mol. The van der Waals surface area contributed by atoms with Crippen LogP contribution in [0.5, 0.6) is 0 Å². The van der Waals surface area contributed by atoms with Gasteiger partial charge in [-0.1, -0.05) is 12.1 Å². The van der Waals surface area contributed by atoms with Crippen LogP contribution in [0.2, 0.25) is 0 Å². The van der Waals surface area contributed by atoms with Gasteiger partial charge in [-0.2, -0.15) is 11.8 Å². The molecule has 102 valence electrons. The van der Waals surface area contributed by atoms with Gasteiger partial charge >= 0.3 is 5.97 Å². The minimum atomic E-state index is -0.973. The molecule has 19 heavy (non-hydrogen) atoms. The maximum absolute atomic E-state index is 12.8. The van der Waals surface area contributed by atoms with Crippen molar-refractivity contribution >= 4 is 23.6 Å². The molecule has 1 saturated heterocycles. The Hall–Kier alpha value is -1.56. The number of aliphatic carboxylic acids is 1. The number of carbonyl (C=O) groups excluding carboxylic acids is 1. The molecule has 1 amide bonds. The number of nitrogens with zero attached hydrogens (tertiary/aromatic N) is 1. The average Bonchev–Trinajstić information content (AvgIpc) is 2.41. The molecule has 0 aromatic heterocycles. The van der Waals surface area contributed by atoms with Crippen LogP contribution >= 0.6 is 11.8 Å². The molecule has 1 aromatic carbocycles. The summed E-state index contributed by atoms with van der Waals surface area (Å²) in [4.78, 5) is 24.6. The molecule has 1 N–H and O–H groups in total. The number of carboxylic acid groups (broad SMARTS) is 1. The summed E-state index contributed by atoms with van der Waals surface area (Å²) in [7, 11) is 0. The number of amides is 1. The summed E-state index contributed by atoms with van der Waals surface area (Å²) in [5.74, 6) is -0.378. The first-order valence-electron chi connectivity index (χ1n) is 5.92. The van der Waals surface area contributed by atoms with Crippen molar-refractivity contribution in [1.82, 2.24) is 4.90 Å². The number of hydrogen-bond donors (Lipinski definition) is 1. The molecule has 6 heteroatoms. The number of halogens is 1. The molecule has 0 saturated carbocycles. The smallest absolute Gasteiger partial charge is 0.327 e. The third-order valence-corrected chi connectivity index (χ3v) is 4.03. The second-order valence-corrected chi connectivity index (χ2v) is 5.47. The number of benzene rings is 1. The van der Waals surface area contributed by atoms with E-state index >= 15 is 0 Å². The second kappa shape index (κ2) is 6.06. The van der Waals surface area contributed by atoms with E-state index in [-0.39, 0.29) is 18.1 Å². The minimum Gasteiger partial charge on any atom is -0.480 e. The lowest BCUT2D eigenvalue weighted by Crippen LogP contribution is -2.50. The van der Waals surface area contributed by atoms with Crippen LogP contribution in [0, 0.1) is 5.82 Å². The lowest BCUT2D eigenvalue weighted by atomic mass is 10.1. The maximum atomic E-state index is 12.8. The van der Waals surface area contributed by atoms with E-state index in [0.29, 0.717) is 17.9 Å². The molecule has 4 nitrogen and oxygen atoms in total. The molecule has 0 bridgehead atoms. The zero-order valence-corrected chi connectivity index (χ0v) is 11.0. The highest BCUT2D eigenvalue weighted by atomic mass is 32.2. The highest BCUT2D eigenvalue weighted by molar-refractivity contribution is 7.99. The molecule has 2 rings (SSSR count). The zero-order valence-electron chi connectivity index (χ0n) is 10.2. The summed E-state index contributed by atoms with van der Waals surface area (Å²) >= 11 is 1.54. The molecule has 1 heterocycles. The lowest BCUT2D eigenvalue weighted by Gasteiger charge is -2.32. The molecular formula is C13H14FNO3S. The Kier molecular flexibility index (Phi) is 4.42. The van der Waals surface area contributed by atoms with Crippen LogP contribution in [-0.4, -0.2) is 46.0 Å². The van der Waals surface area contributed by atoms with Gasteiger partial charge in [0.25, 0.3) is 0 Å². The fourth-order valence-corrected chi connectivity index (χ4v) is 3.02. The van der Waals surface area contributed by atoms with E-state index in [4.69, 9.17) is 5.11 Å². The first-order chi connectivity index (χ1) is 9.08. The third kappa shape index (κ3) is 3.47. The van der Waals surface area contributed by atoms with E-state index in [0.717, 1.165) is 5.75 Å². The normalized spacial score (nSPS) is 19.2. The fourth-order valence-electron chi connectivity index (χ4n) is 1.99. The van der Waals surface area contributed by atoms with Crippen molar-refractivity contribution in [1.29, 1.82) is 0 Å². The predicted octanol–water partition coefficient (Wildman–Crippen LogP) is 1.40. The summed E-state index contributed by atoms with van der Waals surface area (Å²) in [6, 6.07) is 4.92. The summed E-state index contributed by atoms with van der Waals surface area (Å²) in [5.41, 5.74) is 0.689. The molecule has 1 aliphatic rings. The SMILES string of the molecule is O=C(O)C1CSCCN1C(=O)Cc1ccc(F)cc1. The van der Waals surface area contributed by atoms with Gasteiger partial charge in [-0.15, -0.1) is 0 Å². The van der Waals surface area contributed by atoms with Gasteiger partial charge < -0.3 is 10.0 Å². The van der Waals surface area contributed by atoms with Crippen LogP contribution in [0.3, 0.4) is 0 Å². The Morgan fingerprint density at radius 3 is 2.68 bits per heavy atom. The van der Waals surface area contributed by atoms with Gasteiger partial charge in [-0.05, 0) is 17.7 Å². The quantitative estimate of drug-likeness (QED) is 0.911. The highest BCUT2D eigenvalue weighted by Gasteiger charge is 2.32. The van der Waals surface area contributed by atoms with Gasteiger partial charge in [0, 0.05) is 18.1 Å². The molecule has 1 aromatic rings. The van der Waals surface area contributed by atoms with E-state index in [1.54, 1.807) is 12.1 Å². The van der Waals surface area contributed by atoms with Gasteiger partial charge in [0.05, 0.1) is 6.42 Å². The van der Waals surface area contributed by atoms with Crippen molar-refractivity contribution in [3.63, 3.8) is 0 Å². The number of rotatable bonds is 3. The highest BCUT2D eigenvalue weighted by Crippen LogP contribution is 2.18. The lowest BCUT2D eigenvalue weighted by molar-refractivity contribution is -0.148. The largest absolute Gasteiger partial charge is 0.480 e. The fraction of sp³-hybridized carbons (Fsp3) is 0.385. The Labute approximate surface area is 114 Å². The van der Waals surface area contributed by atoms with Crippen molar-refractivity contribution in [2.45, 2.75) is 12.5 Å². The van der Waals surface area contributed by atoms with Gasteiger partial charge in [-0.25, -0.2) is 9.18 Å². The first kappa shape index (κ1) is 13.9. The van der Waals surface area contributed by atoms with Crippen LogP contribution in [0.1, 0.15) is 5.56 Å². The van der Waals surface area contributed by atoms with E-state index in [1.165, 1.54) is 28.8 Å². The number of hydrogen-bond acceptors (Lipinski definition) is 3. The zero-order chi connectivity index (χ0) is 13.8. The second-order valence-electron chi connectivity index (χ2n) is 4.32. The monoisotopic (exact) mass is 283 g/mol. The summed E-state index contributed by atoms with van der Waals surface area (Å²) in [5, 5.41) is 9.10. The van der Waals surface area contributed by atoms with Gasteiger partial charge in [0.2, 0.25) is 5.91 Å². The van der Waals surface area contributed by atoms with Gasteiger partial charge in [-0.3, -0.25) is 4.79 Å². The topological polar surface area (TPSA) is 57.6 Å². The number of carbonyl (C=O) groups is 2. The van der Waals surface area contributed by atoms with E-state index in [2.05, 4.69) is 0 Å². The van der Waals surface area contributed by atoms with E-state index < -0.39 is 12.0 Å². The van der Waals surface area contributed by atoms with Crippen molar-refractivity contribution in [2.75, 3.05) is 18.1 Å². The van der Waals surface area contributed by atoms with Crippen LogP contribution < -0.4 is 0 Å². The van der Waals surface area contributed by atoms with Crippen molar-refractivity contribution < 1.29 is 19.1 Å². The van der Waals surface area contributed by atoms with Crippen LogP contribution in [-0.2, 0) is 16.0 Å². The number of carboxylic acids is 1. The van der Waals surface area contributed by atoms with Crippen LogP contribution in [0.15, 0.2) is 24.3 Å². The molecular weight excluding hydrogens is 269 g/mol. The Balaban J connectivity index is 2.05. The standard InChI is InChI=1S/C13H14FNO3S/c14-10-3-1-9(2-4-10)7-12(16)15-5-6-19-8-11(15)13(17)18/h1-4,11H,5-8H2,(H,17,18). The number of thioether (sulfide) groups is 1. The first-order valence-corrected chi connectivity index (χ1v) is 7.08. The molecule has 0 aliphatic carbocycles.